The molecule has 1 aromatic heterocycles. The Hall–Kier alpha value is -1.62. The van der Waals surface area contributed by atoms with Gasteiger partial charge in [-0.25, -0.2) is 4.98 Å². The number of amides is 1. The molecule has 102 valence electrons. The standard InChI is InChI=1S/C14H18N2O3/c1-19-13-5-3-9(6-15-13)14(18)16-7-10-2-4-12(17)11(10)8-16/h3,5-6,10-12,17H,2,4,7-8H2,1H3. The van der Waals surface area contributed by atoms with Crippen LogP contribution in [0.3, 0.4) is 0 Å². The smallest absolute Gasteiger partial charge is 0.255 e. The van der Waals surface area contributed by atoms with Crippen molar-refractivity contribution < 1.29 is 14.6 Å². The van der Waals surface area contributed by atoms with Crippen LogP contribution in [0.25, 0.3) is 0 Å². The highest BCUT2D eigenvalue weighted by molar-refractivity contribution is 5.94. The fourth-order valence-electron chi connectivity index (χ4n) is 3.21. The lowest BCUT2D eigenvalue weighted by atomic mass is 10.00. The first-order valence-electron chi connectivity index (χ1n) is 6.66. The number of likely N-dealkylation sites (tertiary alicyclic amines) is 1. The molecular formula is C14H18N2O3. The number of aliphatic hydroxyl groups is 1. The number of pyridine rings is 1. The fraction of sp³-hybridized carbons (Fsp3) is 0.571. The van der Waals surface area contributed by atoms with Gasteiger partial charge in [-0.2, -0.15) is 0 Å². The zero-order chi connectivity index (χ0) is 13.4. The van der Waals surface area contributed by atoms with Crippen molar-refractivity contribution in [3.63, 3.8) is 0 Å². The molecule has 2 aliphatic rings. The second-order valence-corrected chi connectivity index (χ2v) is 5.37. The molecule has 0 aromatic carbocycles. The van der Waals surface area contributed by atoms with E-state index in [1.807, 2.05) is 4.90 Å². The van der Waals surface area contributed by atoms with Crippen LogP contribution >= 0.6 is 0 Å². The Morgan fingerprint density at radius 2 is 2.26 bits per heavy atom. The minimum atomic E-state index is -0.239. The highest BCUT2D eigenvalue weighted by Gasteiger charge is 2.43. The molecule has 1 N–H and O–H groups in total. The highest BCUT2D eigenvalue weighted by Crippen LogP contribution is 2.38. The summed E-state index contributed by atoms with van der Waals surface area (Å²) in [6, 6.07) is 3.43. The number of carbonyl (C=O) groups excluding carboxylic acids is 1. The molecular weight excluding hydrogens is 244 g/mol. The molecule has 0 bridgehead atoms. The molecule has 2 heterocycles. The lowest BCUT2D eigenvalue weighted by Crippen LogP contribution is -2.31. The van der Waals surface area contributed by atoms with Gasteiger partial charge in [0.05, 0.1) is 18.8 Å². The second kappa shape index (κ2) is 4.81. The van der Waals surface area contributed by atoms with E-state index in [0.717, 1.165) is 19.4 Å². The third-order valence-electron chi connectivity index (χ3n) is 4.30. The first kappa shape index (κ1) is 12.4. The molecule has 19 heavy (non-hydrogen) atoms. The van der Waals surface area contributed by atoms with Crippen molar-refractivity contribution in [1.29, 1.82) is 0 Å². The number of carbonyl (C=O) groups is 1. The van der Waals surface area contributed by atoms with Crippen LogP contribution in [0.1, 0.15) is 23.2 Å². The Bertz CT molecular complexity index is 474. The first-order chi connectivity index (χ1) is 9.19. The summed E-state index contributed by atoms with van der Waals surface area (Å²) in [4.78, 5) is 18.2. The van der Waals surface area contributed by atoms with E-state index in [-0.39, 0.29) is 17.9 Å². The second-order valence-electron chi connectivity index (χ2n) is 5.37. The Morgan fingerprint density at radius 1 is 1.42 bits per heavy atom. The van der Waals surface area contributed by atoms with Crippen molar-refractivity contribution in [3.05, 3.63) is 23.9 Å². The Balaban J connectivity index is 1.71. The summed E-state index contributed by atoms with van der Waals surface area (Å²) in [5, 5.41) is 9.87. The number of methoxy groups -OCH3 is 1. The molecule has 5 nitrogen and oxygen atoms in total. The van der Waals surface area contributed by atoms with E-state index in [1.165, 1.54) is 0 Å². The van der Waals surface area contributed by atoms with Crippen LogP contribution in [-0.4, -0.2) is 47.2 Å². The van der Waals surface area contributed by atoms with Gasteiger partial charge in [-0.15, -0.1) is 0 Å². The number of rotatable bonds is 2. The lowest BCUT2D eigenvalue weighted by Gasteiger charge is -2.18. The molecule has 0 radical (unpaired) electrons. The monoisotopic (exact) mass is 262 g/mol. The third kappa shape index (κ3) is 2.18. The van der Waals surface area contributed by atoms with Crippen molar-refractivity contribution in [3.8, 4) is 5.88 Å². The fourth-order valence-corrected chi connectivity index (χ4v) is 3.21. The molecule has 1 aliphatic heterocycles. The SMILES string of the molecule is COc1ccc(C(=O)N2CC3CCC(O)C3C2)cn1. The zero-order valence-corrected chi connectivity index (χ0v) is 11.0. The van der Waals surface area contributed by atoms with Crippen molar-refractivity contribution in [2.45, 2.75) is 18.9 Å². The highest BCUT2D eigenvalue weighted by atomic mass is 16.5. The Labute approximate surface area is 112 Å². The minimum Gasteiger partial charge on any atom is -0.481 e. The molecule has 1 aromatic rings. The van der Waals surface area contributed by atoms with E-state index < -0.39 is 0 Å². The van der Waals surface area contributed by atoms with Gasteiger partial charge < -0.3 is 14.7 Å². The van der Waals surface area contributed by atoms with Gasteiger partial charge in [0.2, 0.25) is 5.88 Å². The molecule has 3 rings (SSSR count). The van der Waals surface area contributed by atoms with Crippen molar-refractivity contribution in [2.24, 2.45) is 11.8 Å². The molecule has 3 atom stereocenters. The van der Waals surface area contributed by atoms with Gasteiger partial charge in [0.25, 0.3) is 5.91 Å². The predicted molar refractivity (Wildman–Crippen MR) is 68.9 cm³/mol. The van der Waals surface area contributed by atoms with E-state index in [9.17, 15) is 9.90 Å². The normalized spacial score (nSPS) is 29.4. The van der Waals surface area contributed by atoms with Gasteiger partial charge in [-0.3, -0.25) is 4.79 Å². The lowest BCUT2D eigenvalue weighted by molar-refractivity contribution is 0.0752. The number of hydrogen-bond acceptors (Lipinski definition) is 4. The van der Waals surface area contributed by atoms with Gasteiger partial charge in [0.15, 0.2) is 0 Å². The summed E-state index contributed by atoms with van der Waals surface area (Å²) in [6.45, 7) is 1.42. The van der Waals surface area contributed by atoms with Crippen LogP contribution in [0.15, 0.2) is 18.3 Å². The van der Waals surface area contributed by atoms with E-state index in [4.69, 9.17) is 4.74 Å². The van der Waals surface area contributed by atoms with Crippen LogP contribution in [0.2, 0.25) is 0 Å². The maximum absolute atomic E-state index is 12.3. The van der Waals surface area contributed by atoms with Crippen LogP contribution in [0.5, 0.6) is 5.88 Å². The van der Waals surface area contributed by atoms with Gasteiger partial charge >= 0.3 is 0 Å². The minimum absolute atomic E-state index is 0.00301. The van der Waals surface area contributed by atoms with Gasteiger partial charge in [0.1, 0.15) is 0 Å². The maximum Gasteiger partial charge on any atom is 0.255 e. The topological polar surface area (TPSA) is 62.7 Å². The molecule has 0 spiro atoms. The number of fused-ring (bicyclic) bond motifs is 1. The average Bonchev–Trinajstić information content (AvgIpc) is 3.01. The molecule has 1 aliphatic carbocycles. The van der Waals surface area contributed by atoms with Crippen molar-refractivity contribution >= 4 is 5.91 Å². The van der Waals surface area contributed by atoms with Crippen molar-refractivity contribution in [1.82, 2.24) is 9.88 Å². The summed E-state index contributed by atoms with van der Waals surface area (Å²) < 4.78 is 4.98. The molecule has 5 heteroatoms. The van der Waals surface area contributed by atoms with E-state index in [0.29, 0.717) is 23.9 Å². The third-order valence-corrected chi connectivity index (χ3v) is 4.30. The molecule has 3 unspecified atom stereocenters. The first-order valence-corrected chi connectivity index (χ1v) is 6.66. The van der Waals surface area contributed by atoms with E-state index in [1.54, 1.807) is 25.4 Å². The maximum atomic E-state index is 12.3. The largest absolute Gasteiger partial charge is 0.481 e. The average molecular weight is 262 g/mol. The number of aliphatic hydroxyl groups excluding tert-OH is 1. The number of hydrogen-bond donors (Lipinski definition) is 1. The summed E-state index contributed by atoms with van der Waals surface area (Å²) in [7, 11) is 1.55. The quantitative estimate of drug-likeness (QED) is 0.861. The summed E-state index contributed by atoms with van der Waals surface area (Å²) in [5.41, 5.74) is 0.579. The van der Waals surface area contributed by atoms with Crippen LogP contribution < -0.4 is 4.74 Å². The number of ether oxygens (including phenoxy) is 1. The molecule has 2 fully saturated rings. The predicted octanol–water partition coefficient (Wildman–Crippen LogP) is 0.933. The molecule has 1 amide bonds. The Kier molecular flexibility index (Phi) is 3.14. The van der Waals surface area contributed by atoms with Gasteiger partial charge in [-0.1, -0.05) is 0 Å². The zero-order valence-electron chi connectivity index (χ0n) is 11.0. The van der Waals surface area contributed by atoms with E-state index >= 15 is 0 Å². The van der Waals surface area contributed by atoms with Crippen molar-refractivity contribution in [2.75, 3.05) is 20.2 Å². The molecule has 1 saturated carbocycles. The Morgan fingerprint density at radius 3 is 2.89 bits per heavy atom. The van der Waals surface area contributed by atoms with E-state index in [2.05, 4.69) is 4.98 Å². The summed E-state index contributed by atoms with van der Waals surface area (Å²) >= 11 is 0. The number of aromatic nitrogens is 1. The summed E-state index contributed by atoms with van der Waals surface area (Å²) in [6.07, 6.45) is 3.21. The van der Waals surface area contributed by atoms with Crippen LogP contribution in [-0.2, 0) is 0 Å². The van der Waals surface area contributed by atoms with Crippen LogP contribution in [0.4, 0.5) is 0 Å². The number of nitrogens with zero attached hydrogens (tertiary/aromatic N) is 2. The van der Waals surface area contributed by atoms with Gasteiger partial charge in [0, 0.05) is 31.3 Å². The molecule has 1 saturated heterocycles. The van der Waals surface area contributed by atoms with Crippen LogP contribution in [0, 0.1) is 11.8 Å². The summed E-state index contributed by atoms with van der Waals surface area (Å²) in [5.74, 6) is 1.22. The van der Waals surface area contributed by atoms with Gasteiger partial charge in [-0.05, 0) is 24.8 Å².